The second kappa shape index (κ2) is 4.11. The van der Waals surface area contributed by atoms with Crippen molar-refractivity contribution < 1.29 is 0 Å². The van der Waals surface area contributed by atoms with E-state index in [0.717, 1.165) is 6.54 Å². The standard InChI is InChI=1S/C12H17N2/c1-14(2)11-8-12(13-9-11)10-6-4-3-5-7-10/h3-6,11-13H,8-9H2,1-2H3. The Balaban J connectivity index is 2.03. The molecule has 2 heteroatoms. The minimum atomic E-state index is 0.489. The summed E-state index contributed by atoms with van der Waals surface area (Å²) in [7, 11) is 4.28. The number of hydrogen-bond donors (Lipinski definition) is 1. The van der Waals surface area contributed by atoms with E-state index in [1.165, 1.54) is 12.0 Å². The zero-order valence-corrected chi connectivity index (χ0v) is 8.83. The van der Waals surface area contributed by atoms with Crippen LogP contribution in [0.15, 0.2) is 24.3 Å². The molecule has 0 aliphatic carbocycles. The van der Waals surface area contributed by atoms with Gasteiger partial charge in [0.2, 0.25) is 0 Å². The average molecular weight is 189 g/mol. The van der Waals surface area contributed by atoms with E-state index >= 15 is 0 Å². The molecule has 2 nitrogen and oxygen atoms in total. The van der Waals surface area contributed by atoms with Crippen LogP contribution >= 0.6 is 0 Å². The lowest BCUT2D eigenvalue weighted by atomic mass is 10.0. The van der Waals surface area contributed by atoms with Gasteiger partial charge in [-0.3, -0.25) is 0 Å². The summed E-state index contributed by atoms with van der Waals surface area (Å²) in [4.78, 5) is 2.29. The van der Waals surface area contributed by atoms with Crippen LogP contribution in [0.2, 0.25) is 0 Å². The summed E-state index contributed by atoms with van der Waals surface area (Å²) in [6.45, 7) is 1.08. The van der Waals surface area contributed by atoms with Crippen LogP contribution in [0.5, 0.6) is 0 Å². The Hall–Kier alpha value is -0.860. The Bertz CT molecular complexity index is 282. The summed E-state index contributed by atoms with van der Waals surface area (Å²) < 4.78 is 0. The summed E-state index contributed by atoms with van der Waals surface area (Å²) in [6.07, 6.45) is 1.19. The first-order valence-electron chi connectivity index (χ1n) is 5.14. The van der Waals surface area contributed by atoms with Crippen LogP contribution in [-0.4, -0.2) is 31.6 Å². The maximum absolute atomic E-state index is 3.53. The van der Waals surface area contributed by atoms with E-state index in [4.69, 9.17) is 0 Å². The van der Waals surface area contributed by atoms with E-state index in [1.807, 2.05) is 12.1 Å². The van der Waals surface area contributed by atoms with Crippen molar-refractivity contribution >= 4 is 0 Å². The van der Waals surface area contributed by atoms with E-state index in [1.54, 1.807) is 0 Å². The Morgan fingerprint density at radius 1 is 1.43 bits per heavy atom. The fourth-order valence-electron chi connectivity index (χ4n) is 1.97. The normalized spacial score (nSPS) is 27.1. The van der Waals surface area contributed by atoms with Gasteiger partial charge in [-0.25, -0.2) is 0 Å². The molecule has 1 heterocycles. The van der Waals surface area contributed by atoms with Crippen molar-refractivity contribution in [1.82, 2.24) is 10.2 Å². The molecule has 1 aromatic carbocycles. The Labute approximate surface area is 85.9 Å². The third-order valence-corrected chi connectivity index (χ3v) is 2.95. The highest BCUT2D eigenvalue weighted by Gasteiger charge is 2.26. The number of benzene rings is 1. The predicted octanol–water partition coefficient (Wildman–Crippen LogP) is 1.45. The number of hydrogen-bond acceptors (Lipinski definition) is 2. The molecule has 2 unspecified atom stereocenters. The molecule has 0 bridgehead atoms. The molecular formula is C12H17N2. The molecule has 1 fully saturated rings. The first-order chi connectivity index (χ1) is 6.77. The largest absolute Gasteiger partial charge is 0.308 e. The number of likely N-dealkylation sites (N-methyl/N-ethyl adjacent to an activating group) is 1. The summed E-state index contributed by atoms with van der Waals surface area (Å²) in [5, 5.41) is 3.53. The highest BCUT2D eigenvalue weighted by atomic mass is 15.2. The fourth-order valence-corrected chi connectivity index (χ4v) is 1.97. The average Bonchev–Trinajstić information content (AvgIpc) is 2.68. The molecule has 0 spiro atoms. The molecular weight excluding hydrogens is 172 g/mol. The molecule has 0 amide bonds. The van der Waals surface area contributed by atoms with Crippen molar-refractivity contribution in [1.29, 1.82) is 0 Å². The second-order valence-electron chi connectivity index (χ2n) is 4.13. The first kappa shape index (κ1) is 9.69. The van der Waals surface area contributed by atoms with Gasteiger partial charge in [0, 0.05) is 18.6 Å². The van der Waals surface area contributed by atoms with Crippen molar-refractivity contribution in [2.45, 2.75) is 18.5 Å². The number of rotatable bonds is 2. The molecule has 1 saturated heterocycles. The molecule has 75 valence electrons. The van der Waals surface area contributed by atoms with Crippen molar-refractivity contribution in [3.63, 3.8) is 0 Å². The van der Waals surface area contributed by atoms with Crippen LogP contribution in [0.3, 0.4) is 0 Å². The van der Waals surface area contributed by atoms with Crippen LogP contribution in [0, 0.1) is 6.07 Å². The van der Waals surface area contributed by atoms with Crippen molar-refractivity contribution in [2.75, 3.05) is 20.6 Å². The Kier molecular flexibility index (Phi) is 2.85. The van der Waals surface area contributed by atoms with E-state index in [-0.39, 0.29) is 0 Å². The summed E-state index contributed by atoms with van der Waals surface area (Å²) >= 11 is 0. The van der Waals surface area contributed by atoms with Gasteiger partial charge in [0.15, 0.2) is 0 Å². The highest BCUT2D eigenvalue weighted by Crippen LogP contribution is 2.24. The van der Waals surface area contributed by atoms with E-state index in [9.17, 15) is 0 Å². The van der Waals surface area contributed by atoms with Crippen LogP contribution in [0.25, 0.3) is 0 Å². The zero-order valence-electron chi connectivity index (χ0n) is 8.83. The minimum Gasteiger partial charge on any atom is -0.308 e. The SMILES string of the molecule is CN(C)C1CNC(c2[c]cccc2)C1. The van der Waals surface area contributed by atoms with Crippen molar-refractivity contribution in [2.24, 2.45) is 0 Å². The lowest BCUT2D eigenvalue weighted by Crippen LogP contribution is -2.29. The van der Waals surface area contributed by atoms with Crippen molar-refractivity contribution in [3.05, 3.63) is 35.9 Å². The van der Waals surface area contributed by atoms with Gasteiger partial charge in [-0.15, -0.1) is 0 Å². The second-order valence-corrected chi connectivity index (χ2v) is 4.13. The molecule has 1 aliphatic heterocycles. The van der Waals surface area contributed by atoms with Gasteiger partial charge in [-0.1, -0.05) is 24.3 Å². The molecule has 14 heavy (non-hydrogen) atoms. The van der Waals surface area contributed by atoms with Gasteiger partial charge in [-0.05, 0) is 32.1 Å². The van der Waals surface area contributed by atoms with E-state index in [0.29, 0.717) is 12.1 Å². The van der Waals surface area contributed by atoms with Gasteiger partial charge in [0.1, 0.15) is 0 Å². The third-order valence-electron chi connectivity index (χ3n) is 2.95. The summed E-state index contributed by atoms with van der Waals surface area (Å²) in [5.41, 5.74) is 1.29. The zero-order chi connectivity index (χ0) is 9.97. The lowest BCUT2D eigenvalue weighted by Gasteiger charge is -2.17. The van der Waals surface area contributed by atoms with Gasteiger partial charge < -0.3 is 10.2 Å². The maximum Gasteiger partial charge on any atom is 0.0342 e. The van der Waals surface area contributed by atoms with Crippen LogP contribution < -0.4 is 5.32 Å². The molecule has 0 saturated carbocycles. The Morgan fingerprint density at radius 3 is 2.86 bits per heavy atom. The molecule has 0 aromatic heterocycles. The molecule has 1 radical (unpaired) electrons. The van der Waals surface area contributed by atoms with Crippen LogP contribution in [-0.2, 0) is 0 Å². The lowest BCUT2D eigenvalue weighted by molar-refractivity contribution is 0.309. The summed E-state index contributed by atoms with van der Waals surface area (Å²) in [5.74, 6) is 0. The summed E-state index contributed by atoms with van der Waals surface area (Å²) in [6, 6.07) is 12.7. The molecule has 2 atom stereocenters. The minimum absolute atomic E-state index is 0.489. The topological polar surface area (TPSA) is 15.3 Å². The van der Waals surface area contributed by atoms with Gasteiger partial charge in [-0.2, -0.15) is 0 Å². The monoisotopic (exact) mass is 189 g/mol. The molecule has 2 rings (SSSR count). The third kappa shape index (κ3) is 1.97. The smallest absolute Gasteiger partial charge is 0.0342 e. The predicted molar refractivity (Wildman–Crippen MR) is 58.1 cm³/mol. The van der Waals surface area contributed by atoms with Gasteiger partial charge in [0.05, 0.1) is 0 Å². The Morgan fingerprint density at radius 2 is 2.29 bits per heavy atom. The van der Waals surface area contributed by atoms with Crippen LogP contribution in [0.4, 0.5) is 0 Å². The highest BCUT2D eigenvalue weighted by molar-refractivity contribution is 5.19. The molecule has 1 N–H and O–H groups in total. The first-order valence-corrected chi connectivity index (χ1v) is 5.14. The van der Waals surface area contributed by atoms with Crippen molar-refractivity contribution in [3.8, 4) is 0 Å². The molecule has 1 aromatic rings. The van der Waals surface area contributed by atoms with Gasteiger partial charge in [0.25, 0.3) is 0 Å². The fraction of sp³-hybridized carbons (Fsp3) is 0.500. The van der Waals surface area contributed by atoms with Gasteiger partial charge >= 0.3 is 0 Å². The molecule has 1 aliphatic rings. The van der Waals surface area contributed by atoms with Crippen LogP contribution in [0.1, 0.15) is 18.0 Å². The quantitative estimate of drug-likeness (QED) is 0.757. The number of nitrogens with one attached hydrogen (secondary N) is 1. The number of nitrogens with zero attached hydrogens (tertiary/aromatic N) is 1. The van der Waals surface area contributed by atoms with E-state index in [2.05, 4.69) is 42.5 Å². The van der Waals surface area contributed by atoms with E-state index < -0.39 is 0 Å². The maximum atomic E-state index is 3.53.